The van der Waals surface area contributed by atoms with Crippen molar-refractivity contribution in [2.45, 2.75) is 6.42 Å². The van der Waals surface area contributed by atoms with E-state index < -0.39 is 5.97 Å². The van der Waals surface area contributed by atoms with E-state index in [1.165, 1.54) is 23.1 Å². The van der Waals surface area contributed by atoms with Gasteiger partial charge < -0.3 is 15.6 Å². The van der Waals surface area contributed by atoms with Crippen LogP contribution in [0.4, 0.5) is 5.13 Å². The van der Waals surface area contributed by atoms with Crippen molar-refractivity contribution in [2.24, 2.45) is 0 Å². The molecule has 0 spiro atoms. The number of nitrogens with two attached hydrogens (primary N) is 1. The average Bonchev–Trinajstić information content (AvgIpc) is 3.39. The molecule has 37 heavy (non-hydrogen) atoms. The second kappa shape index (κ2) is 10.3. The van der Waals surface area contributed by atoms with Gasteiger partial charge >= 0.3 is 5.97 Å². The molecule has 3 aromatic carbocycles. The van der Waals surface area contributed by atoms with Crippen LogP contribution in [0, 0.1) is 0 Å². The number of nitrogens with zero attached hydrogens (tertiary/aromatic N) is 2. The minimum absolute atomic E-state index is 0.143. The minimum atomic E-state index is -0.968. The summed E-state index contributed by atoms with van der Waals surface area (Å²) < 4.78 is 7.09. The SMILES string of the molecule is COc1ccc(C=C2SC(=S)N(CCc3ccc(C(=O)O)cc3)C2=O)cc1-c1ccc2nc(N)sc2c1. The van der Waals surface area contributed by atoms with Gasteiger partial charge in [0.25, 0.3) is 5.91 Å². The fourth-order valence-electron chi connectivity index (χ4n) is 4.05. The molecule has 0 bridgehead atoms. The number of aromatic nitrogens is 1. The molecule has 10 heteroatoms. The number of thiocarbonyl (C=S) groups is 1. The Morgan fingerprint density at radius 2 is 1.95 bits per heavy atom. The van der Waals surface area contributed by atoms with Gasteiger partial charge in [-0.25, -0.2) is 9.78 Å². The molecule has 3 N–H and O–H groups in total. The van der Waals surface area contributed by atoms with Crippen molar-refractivity contribution in [2.75, 3.05) is 19.4 Å². The van der Waals surface area contributed by atoms with Gasteiger partial charge in [0.15, 0.2) is 5.13 Å². The van der Waals surface area contributed by atoms with Crippen LogP contribution in [0.1, 0.15) is 21.5 Å². The molecule has 7 nitrogen and oxygen atoms in total. The third-order valence-corrected chi connectivity index (χ3v) is 8.16. The van der Waals surface area contributed by atoms with Crippen LogP contribution in [0.25, 0.3) is 27.4 Å². The van der Waals surface area contributed by atoms with Crippen LogP contribution < -0.4 is 10.5 Å². The number of methoxy groups -OCH3 is 1. The Morgan fingerprint density at radius 3 is 2.68 bits per heavy atom. The van der Waals surface area contributed by atoms with Crippen LogP contribution in [-0.2, 0) is 11.2 Å². The molecule has 1 aromatic heterocycles. The number of hydrogen-bond donors (Lipinski definition) is 2. The Kier molecular flexibility index (Phi) is 6.96. The van der Waals surface area contributed by atoms with Crippen molar-refractivity contribution in [1.29, 1.82) is 0 Å². The predicted octanol–water partition coefficient (Wildman–Crippen LogP) is 5.70. The number of anilines is 1. The van der Waals surface area contributed by atoms with Crippen LogP contribution in [0.2, 0.25) is 0 Å². The van der Waals surface area contributed by atoms with E-state index in [1.807, 2.05) is 42.5 Å². The van der Waals surface area contributed by atoms with Gasteiger partial charge in [0.1, 0.15) is 10.1 Å². The number of carboxylic acids is 1. The molecular weight excluding hydrogens is 527 g/mol. The van der Waals surface area contributed by atoms with E-state index in [-0.39, 0.29) is 11.5 Å². The summed E-state index contributed by atoms with van der Waals surface area (Å²) in [5.41, 5.74) is 10.6. The van der Waals surface area contributed by atoms with Gasteiger partial charge in [0.2, 0.25) is 0 Å². The van der Waals surface area contributed by atoms with Gasteiger partial charge in [0.05, 0.1) is 27.8 Å². The third kappa shape index (κ3) is 5.22. The highest BCUT2D eigenvalue weighted by atomic mass is 32.2. The normalized spacial score (nSPS) is 14.6. The predicted molar refractivity (Wildman–Crippen MR) is 153 cm³/mol. The smallest absolute Gasteiger partial charge is 0.335 e. The first kappa shape index (κ1) is 24.9. The van der Waals surface area contributed by atoms with Gasteiger partial charge in [-0.2, -0.15) is 0 Å². The lowest BCUT2D eigenvalue weighted by molar-refractivity contribution is -0.122. The second-order valence-corrected chi connectivity index (χ2v) is 11.0. The Morgan fingerprint density at radius 1 is 1.16 bits per heavy atom. The Hall–Kier alpha value is -3.73. The number of nitrogen functional groups attached to an aromatic ring is 1. The highest BCUT2D eigenvalue weighted by Crippen LogP contribution is 2.37. The molecule has 1 amide bonds. The van der Waals surface area contributed by atoms with Crippen molar-refractivity contribution in [3.05, 3.63) is 82.3 Å². The van der Waals surface area contributed by atoms with Crippen molar-refractivity contribution >= 4 is 72.9 Å². The molecule has 186 valence electrons. The second-order valence-electron chi connectivity index (χ2n) is 8.28. The van der Waals surface area contributed by atoms with Crippen molar-refractivity contribution in [3.8, 4) is 16.9 Å². The molecule has 1 aliphatic heterocycles. The lowest BCUT2D eigenvalue weighted by Gasteiger charge is -2.14. The van der Waals surface area contributed by atoms with E-state index in [2.05, 4.69) is 4.98 Å². The lowest BCUT2D eigenvalue weighted by atomic mass is 10.0. The first-order chi connectivity index (χ1) is 17.8. The maximum atomic E-state index is 13.1. The number of carbonyl (C=O) groups excluding carboxylic acids is 1. The fourth-order valence-corrected chi connectivity index (χ4v) is 6.13. The van der Waals surface area contributed by atoms with Crippen molar-refractivity contribution in [3.63, 3.8) is 0 Å². The number of fused-ring (bicyclic) bond motifs is 1. The average molecular weight is 548 g/mol. The van der Waals surface area contributed by atoms with E-state index >= 15 is 0 Å². The zero-order valence-corrected chi connectivity index (χ0v) is 22.1. The number of carboxylic acid groups (broad SMARTS) is 1. The molecule has 0 aliphatic carbocycles. The monoisotopic (exact) mass is 547 g/mol. The van der Waals surface area contributed by atoms with E-state index in [0.29, 0.717) is 27.3 Å². The molecule has 0 atom stereocenters. The number of thioether (sulfide) groups is 1. The molecule has 4 aromatic rings. The number of ether oxygens (including phenoxy) is 1. The quantitative estimate of drug-likeness (QED) is 0.224. The molecule has 1 fully saturated rings. The third-order valence-electron chi connectivity index (χ3n) is 5.94. The van der Waals surface area contributed by atoms with E-state index in [1.54, 1.807) is 36.3 Å². The molecule has 0 saturated carbocycles. The first-order valence-corrected chi connectivity index (χ1v) is 13.3. The van der Waals surface area contributed by atoms with Crippen LogP contribution in [0.15, 0.2) is 65.6 Å². The number of rotatable bonds is 7. The molecule has 0 unspecified atom stereocenters. The summed E-state index contributed by atoms with van der Waals surface area (Å²) in [7, 11) is 1.63. The van der Waals surface area contributed by atoms with E-state index in [9.17, 15) is 9.59 Å². The number of thiazole rings is 1. The fraction of sp³-hybridized carbons (Fsp3) is 0.111. The summed E-state index contributed by atoms with van der Waals surface area (Å²) >= 11 is 8.19. The number of amides is 1. The zero-order chi connectivity index (χ0) is 26.1. The Bertz CT molecular complexity index is 1580. The number of benzene rings is 3. The van der Waals surface area contributed by atoms with Crippen LogP contribution >= 0.6 is 35.3 Å². The Labute approximate surface area is 226 Å². The van der Waals surface area contributed by atoms with Gasteiger partial charge in [-0.3, -0.25) is 9.69 Å². The topological polar surface area (TPSA) is 106 Å². The standard InChI is InChI=1S/C27H21N3O4S3/c1-34-21-9-4-16(12-19(21)18-7-8-20-22(14-18)36-26(28)29-20)13-23-24(31)30(27(35)37-23)11-10-15-2-5-17(6-3-15)25(32)33/h2-9,12-14H,10-11H2,1H3,(H2,28,29)(H,32,33). The maximum absolute atomic E-state index is 13.1. The zero-order valence-electron chi connectivity index (χ0n) is 19.6. The highest BCUT2D eigenvalue weighted by molar-refractivity contribution is 8.26. The summed E-state index contributed by atoms with van der Waals surface area (Å²) in [6.45, 7) is 0.417. The maximum Gasteiger partial charge on any atom is 0.335 e. The molecule has 0 radical (unpaired) electrons. The largest absolute Gasteiger partial charge is 0.496 e. The first-order valence-electron chi connectivity index (χ1n) is 11.2. The summed E-state index contributed by atoms with van der Waals surface area (Å²) in [6.07, 6.45) is 2.41. The van der Waals surface area contributed by atoms with Crippen LogP contribution in [0.3, 0.4) is 0 Å². The van der Waals surface area contributed by atoms with Crippen molar-refractivity contribution in [1.82, 2.24) is 9.88 Å². The molecule has 5 rings (SSSR count). The number of carbonyl (C=O) groups is 2. The number of hydrogen-bond acceptors (Lipinski definition) is 8. The lowest BCUT2D eigenvalue weighted by Crippen LogP contribution is -2.30. The van der Waals surface area contributed by atoms with E-state index in [0.717, 1.165) is 38.2 Å². The summed E-state index contributed by atoms with van der Waals surface area (Å²) in [6, 6.07) is 18.4. The van der Waals surface area contributed by atoms with E-state index in [4.69, 9.17) is 27.8 Å². The van der Waals surface area contributed by atoms with Gasteiger partial charge in [0, 0.05) is 12.1 Å². The van der Waals surface area contributed by atoms with Gasteiger partial charge in [-0.15, -0.1) is 0 Å². The molecule has 2 heterocycles. The molecular formula is C27H21N3O4S3. The molecule has 1 saturated heterocycles. The summed E-state index contributed by atoms with van der Waals surface area (Å²) in [5, 5.41) is 9.58. The minimum Gasteiger partial charge on any atom is -0.496 e. The summed E-state index contributed by atoms with van der Waals surface area (Å²) in [5.74, 6) is -0.393. The van der Waals surface area contributed by atoms with Gasteiger partial charge in [-0.1, -0.05) is 59.6 Å². The molecule has 1 aliphatic rings. The van der Waals surface area contributed by atoms with Crippen molar-refractivity contribution < 1.29 is 19.4 Å². The van der Waals surface area contributed by atoms with Crippen LogP contribution in [0.5, 0.6) is 5.75 Å². The summed E-state index contributed by atoms with van der Waals surface area (Å²) in [4.78, 5) is 30.6. The highest BCUT2D eigenvalue weighted by Gasteiger charge is 2.31. The van der Waals surface area contributed by atoms with Crippen LogP contribution in [-0.4, -0.2) is 44.8 Å². The van der Waals surface area contributed by atoms with Gasteiger partial charge in [-0.05, 0) is 65.6 Å². The Balaban J connectivity index is 1.36. The number of aromatic carboxylic acids is 1.